The fourth-order valence-corrected chi connectivity index (χ4v) is 2.77. The lowest BCUT2D eigenvalue weighted by atomic mass is 10.2. The van der Waals surface area contributed by atoms with Gasteiger partial charge in [0.15, 0.2) is 0 Å². The summed E-state index contributed by atoms with van der Waals surface area (Å²) in [6.07, 6.45) is 4.70. The van der Waals surface area contributed by atoms with E-state index in [1.54, 1.807) is 4.31 Å². The Bertz CT molecular complexity index is 284. The van der Waals surface area contributed by atoms with Crippen LogP contribution in [0.15, 0.2) is 0 Å². The van der Waals surface area contributed by atoms with Gasteiger partial charge in [0.2, 0.25) is 10.0 Å². The molecule has 1 saturated heterocycles. The van der Waals surface area contributed by atoms with Crippen LogP contribution in [0.25, 0.3) is 0 Å². The minimum absolute atomic E-state index is 0.635. The highest BCUT2D eigenvalue weighted by Gasteiger charge is 2.22. The first kappa shape index (κ1) is 13.9. The summed E-state index contributed by atoms with van der Waals surface area (Å²) in [5, 5.41) is 0. The Kier molecular flexibility index (Phi) is 5.68. The molecule has 16 heavy (non-hydrogen) atoms. The molecule has 1 fully saturated rings. The van der Waals surface area contributed by atoms with Crippen molar-refractivity contribution in [3.63, 3.8) is 0 Å². The van der Waals surface area contributed by atoms with E-state index in [0.29, 0.717) is 13.1 Å². The summed E-state index contributed by atoms with van der Waals surface area (Å²) >= 11 is 0. The summed E-state index contributed by atoms with van der Waals surface area (Å²) in [6.45, 7) is 4.82. The van der Waals surface area contributed by atoms with E-state index in [0.717, 1.165) is 39.0 Å². The van der Waals surface area contributed by atoms with Gasteiger partial charge in [0.25, 0.3) is 0 Å². The van der Waals surface area contributed by atoms with Crippen LogP contribution in [0.5, 0.6) is 0 Å². The number of nitrogens with two attached hydrogens (primary N) is 1. The normalized spacial score (nSPS) is 20.1. The molecule has 0 amide bonds. The van der Waals surface area contributed by atoms with Crippen molar-refractivity contribution in [1.29, 1.82) is 0 Å². The predicted octanol–water partition coefficient (Wildman–Crippen LogP) is -0.307. The van der Waals surface area contributed by atoms with Gasteiger partial charge in [0, 0.05) is 26.2 Å². The number of nitrogens with zero attached hydrogens (tertiary/aromatic N) is 2. The average molecular weight is 249 g/mol. The Morgan fingerprint density at radius 2 is 1.69 bits per heavy atom. The number of rotatable bonds is 6. The number of unbranched alkanes of at least 4 members (excludes halogenated alkanes) is 2. The standard InChI is InChI=1S/C10H23N3O2S/c1-16(14,15)13-9-7-12(8-10-13)6-4-2-3-5-11/h2-11H2,1H3. The van der Waals surface area contributed by atoms with Crippen LogP contribution in [0.1, 0.15) is 19.3 Å². The lowest BCUT2D eigenvalue weighted by molar-refractivity contribution is 0.186. The van der Waals surface area contributed by atoms with Gasteiger partial charge in [0.05, 0.1) is 6.26 Å². The fourth-order valence-electron chi connectivity index (χ4n) is 1.94. The molecule has 6 heteroatoms. The minimum atomic E-state index is -2.99. The van der Waals surface area contributed by atoms with Crippen molar-refractivity contribution >= 4 is 10.0 Å². The summed E-state index contributed by atoms with van der Waals surface area (Å²) in [4.78, 5) is 2.33. The van der Waals surface area contributed by atoms with Crippen molar-refractivity contribution in [2.24, 2.45) is 5.73 Å². The molecule has 1 rings (SSSR count). The molecule has 0 aromatic rings. The Hall–Kier alpha value is -0.170. The highest BCUT2D eigenvalue weighted by molar-refractivity contribution is 7.88. The van der Waals surface area contributed by atoms with E-state index in [9.17, 15) is 8.42 Å². The molecule has 96 valence electrons. The van der Waals surface area contributed by atoms with Gasteiger partial charge in [-0.2, -0.15) is 4.31 Å². The Balaban J connectivity index is 2.17. The Morgan fingerprint density at radius 1 is 1.06 bits per heavy atom. The summed E-state index contributed by atoms with van der Waals surface area (Å²) < 4.78 is 24.1. The van der Waals surface area contributed by atoms with Crippen LogP contribution < -0.4 is 5.73 Å². The predicted molar refractivity (Wildman–Crippen MR) is 65.8 cm³/mol. The molecular weight excluding hydrogens is 226 g/mol. The number of piperazine rings is 1. The van der Waals surface area contributed by atoms with Gasteiger partial charge in [-0.05, 0) is 25.9 Å². The molecule has 0 aromatic heterocycles. The third-order valence-electron chi connectivity index (χ3n) is 2.98. The number of sulfonamides is 1. The zero-order chi connectivity index (χ0) is 12.0. The molecule has 0 aliphatic carbocycles. The van der Waals surface area contributed by atoms with E-state index in [-0.39, 0.29) is 0 Å². The van der Waals surface area contributed by atoms with E-state index >= 15 is 0 Å². The molecule has 0 saturated carbocycles. The van der Waals surface area contributed by atoms with Gasteiger partial charge in [-0.1, -0.05) is 6.42 Å². The SMILES string of the molecule is CS(=O)(=O)N1CCN(CCCCCN)CC1. The molecule has 5 nitrogen and oxygen atoms in total. The van der Waals surface area contributed by atoms with Crippen molar-refractivity contribution in [3.05, 3.63) is 0 Å². The maximum atomic E-state index is 11.3. The molecule has 1 heterocycles. The maximum absolute atomic E-state index is 11.3. The van der Waals surface area contributed by atoms with E-state index in [1.165, 1.54) is 12.7 Å². The van der Waals surface area contributed by atoms with Crippen LogP contribution in [0.3, 0.4) is 0 Å². The zero-order valence-corrected chi connectivity index (χ0v) is 10.9. The summed E-state index contributed by atoms with van der Waals surface area (Å²) in [5.41, 5.74) is 5.43. The van der Waals surface area contributed by atoms with E-state index < -0.39 is 10.0 Å². The van der Waals surface area contributed by atoms with Crippen molar-refractivity contribution < 1.29 is 8.42 Å². The summed E-state index contributed by atoms with van der Waals surface area (Å²) in [5.74, 6) is 0. The molecule has 1 aliphatic heterocycles. The number of hydrogen-bond donors (Lipinski definition) is 1. The van der Waals surface area contributed by atoms with Gasteiger partial charge in [0.1, 0.15) is 0 Å². The molecule has 0 spiro atoms. The second kappa shape index (κ2) is 6.54. The third kappa shape index (κ3) is 4.78. The number of hydrogen-bond acceptors (Lipinski definition) is 4. The maximum Gasteiger partial charge on any atom is 0.211 e. The molecule has 0 unspecified atom stereocenters. The largest absolute Gasteiger partial charge is 0.330 e. The highest BCUT2D eigenvalue weighted by atomic mass is 32.2. The molecule has 0 aromatic carbocycles. The Morgan fingerprint density at radius 3 is 2.19 bits per heavy atom. The van der Waals surface area contributed by atoms with Crippen molar-refractivity contribution in [2.75, 3.05) is 45.5 Å². The van der Waals surface area contributed by atoms with Crippen LogP contribution in [-0.2, 0) is 10.0 Å². The quantitative estimate of drug-likeness (QED) is 0.656. The molecular formula is C10H23N3O2S. The molecule has 0 bridgehead atoms. The van der Waals surface area contributed by atoms with Crippen LogP contribution in [0.4, 0.5) is 0 Å². The van der Waals surface area contributed by atoms with Crippen LogP contribution >= 0.6 is 0 Å². The van der Waals surface area contributed by atoms with Gasteiger partial charge in [-0.3, -0.25) is 0 Å². The molecule has 0 radical (unpaired) electrons. The van der Waals surface area contributed by atoms with Gasteiger partial charge < -0.3 is 10.6 Å². The first-order chi connectivity index (χ1) is 7.54. The highest BCUT2D eigenvalue weighted by Crippen LogP contribution is 2.07. The van der Waals surface area contributed by atoms with Gasteiger partial charge in [-0.25, -0.2) is 8.42 Å². The van der Waals surface area contributed by atoms with Crippen LogP contribution in [-0.4, -0.2) is 63.1 Å². The summed E-state index contributed by atoms with van der Waals surface area (Å²) in [6, 6.07) is 0. The average Bonchev–Trinajstić information content (AvgIpc) is 2.24. The molecule has 2 N–H and O–H groups in total. The lowest BCUT2D eigenvalue weighted by Crippen LogP contribution is -2.48. The van der Waals surface area contributed by atoms with E-state index in [4.69, 9.17) is 5.73 Å². The third-order valence-corrected chi connectivity index (χ3v) is 4.28. The first-order valence-corrected chi connectivity index (χ1v) is 7.76. The fraction of sp³-hybridized carbons (Fsp3) is 1.00. The Labute approximate surface area is 98.6 Å². The smallest absolute Gasteiger partial charge is 0.211 e. The molecule has 0 atom stereocenters. The molecule has 1 aliphatic rings. The van der Waals surface area contributed by atoms with Crippen LogP contribution in [0.2, 0.25) is 0 Å². The monoisotopic (exact) mass is 249 g/mol. The lowest BCUT2D eigenvalue weighted by Gasteiger charge is -2.33. The van der Waals surface area contributed by atoms with Crippen molar-refractivity contribution in [3.8, 4) is 0 Å². The van der Waals surface area contributed by atoms with Gasteiger partial charge in [-0.15, -0.1) is 0 Å². The minimum Gasteiger partial charge on any atom is -0.330 e. The second-order valence-corrected chi connectivity index (χ2v) is 6.34. The van der Waals surface area contributed by atoms with E-state index in [1.807, 2.05) is 0 Å². The first-order valence-electron chi connectivity index (χ1n) is 5.91. The second-order valence-electron chi connectivity index (χ2n) is 4.35. The summed E-state index contributed by atoms with van der Waals surface area (Å²) in [7, 11) is -2.99. The van der Waals surface area contributed by atoms with Gasteiger partial charge >= 0.3 is 0 Å². The van der Waals surface area contributed by atoms with Crippen LogP contribution in [0, 0.1) is 0 Å². The van der Waals surface area contributed by atoms with Crippen molar-refractivity contribution in [1.82, 2.24) is 9.21 Å². The van der Waals surface area contributed by atoms with E-state index in [2.05, 4.69) is 4.90 Å². The zero-order valence-electron chi connectivity index (χ0n) is 10.1. The topological polar surface area (TPSA) is 66.6 Å². The van der Waals surface area contributed by atoms with Crippen molar-refractivity contribution in [2.45, 2.75) is 19.3 Å².